The molecule has 1 atom stereocenters. The van der Waals surface area contributed by atoms with Gasteiger partial charge in [0.1, 0.15) is 0 Å². The average Bonchev–Trinajstić information content (AvgIpc) is 2.94. The first-order valence-electron chi connectivity index (χ1n) is 12.8. The number of halogens is 3. The third kappa shape index (κ3) is 6.88. The van der Waals surface area contributed by atoms with Crippen LogP contribution in [0.15, 0.2) is 59.6 Å². The average molecular weight is 565 g/mol. The number of alkyl halides is 3. The van der Waals surface area contributed by atoms with Gasteiger partial charge in [0.15, 0.2) is 9.84 Å². The molecule has 2 aromatic carbocycles. The summed E-state index contributed by atoms with van der Waals surface area (Å²) in [5.74, 6) is -1.32. The molecule has 1 aliphatic rings. The van der Waals surface area contributed by atoms with Crippen molar-refractivity contribution in [1.82, 2.24) is 10.3 Å². The van der Waals surface area contributed by atoms with E-state index in [9.17, 15) is 31.5 Å². The van der Waals surface area contributed by atoms with Gasteiger partial charge in [-0.3, -0.25) is 4.79 Å². The van der Waals surface area contributed by atoms with Crippen molar-refractivity contribution in [3.8, 4) is 5.88 Å². The Morgan fingerprint density at radius 1 is 1.10 bits per heavy atom. The predicted molar refractivity (Wildman–Crippen MR) is 140 cm³/mol. The van der Waals surface area contributed by atoms with E-state index in [2.05, 4.69) is 10.3 Å². The van der Waals surface area contributed by atoms with E-state index in [0.717, 1.165) is 0 Å². The van der Waals surface area contributed by atoms with E-state index in [1.165, 1.54) is 12.1 Å². The van der Waals surface area contributed by atoms with Crippen LogP contribution in [0.2, 0.25) is 0 Å². The molecule has 0 spiro atoms. The standard InChI is InChI=1S/C28H31F3N2O5S/c1-2-39(36,37)23-10-5-19(6-11-23)25(16-34)33-26(35)21-7-12-24-20(15-21)13-14-32-27(24)38-17-18-3-8-22(9-4-18)28(29,30)31/h5-7,10-15,18,22,25,34H,2-4,8-9,16-17H2,1H3,(H,33,35)/t18-,22-,25?. The molecular formula is C28H31F3N2O5S. The maximum Gasteiger partial charge on any atom is 0.391 e. The number of fused-ring (bicyclic) bond motifs is 1. The molecule has 0 aliphatic heterocycles. The first-order chi connectivity index (χ1) is 18.5. The van der Waals surface area contributed by atoms with E-state index in [-0.39, 0.29) is 42.6 Å². The Kier molecular flexibility index (Phi) is 8.80. The van der Waals surface area contributed by atoms with Crippen LogP contribution < -0.4 is 10.1 Å². The lowest BCUT2D eigenvalue weighted by molar-refractivity contribution is -0.184. The Morgan fingerprint density at radius 2 is 1.79 bits per heavy atom. The third-order valence-electron chi connectivity index (χ3n) is 7.26. The van der Waals surface area contributed by atoms with E-state index >= 15 is 0 Å². The number of hydrogen-bond acceptors (Lipinski definition) is 6. The third-order valence-corrected chi connectivity index (χ3v) is 9.02. The van der Waals surface area contributed by atoms with Crippen LogP contribution in [0.3, 0.4) is 0 Å². The molecule has 0 radical (unpaired) electrons. The summed E-state index contributed by atoms with van der Waals surface area (Å²) in [6, 6.07) is 12.0. The summed E-state index contributed by atoms with van der Waals surface area (Å²) in [5.41, 5.74) is 0.902. The molecular weight excluding hydrogens is 533 g/mol. The Balaban J connectivity index is 1.41. The van der Waals surface area contributed by atoms with Crippen LogP contribution in [0.4, 0.5) is 13.2 Å². The van der Waals surface area contributed by atoms with Crippen LogP contribution >= 0.6 is 0 Å². The zero-order chi connectivity index (χ0) is 28.2. The van der Waals surface area contributed by atoms with Crippen LogP contribution in [0.25, 0.3) is 10.8 Å². The smallest absolute Gasteiger partial charge is 0.391 e. The molecule has 0 bridgehead atoms. The lowest BCUT2D eigenvalue weighted by Crippen LogP contribution is -2.30. The number of amides is 1. The van der Waals surface area contributed by atoms with Gasteiger partial charge in [-0.15, -0.1) is 0 Å². The SMILES string of the molecule is CCS(=O)(=O)c1ccc(C(CO)NC(=O)c2ccc3c(OC[C@H]4CC[C@H](C(F)(F)F)CC4)nccc3c2)cc1. The summed E-state index contributed by atoms with van der Waals surface area (Å²) < 4.78 is 68.7. The molecule has 1 aromatic heterocycles. The number of aromatic nitrogens is 1. The van der Waals surface area contributed by atoms with Crippen molar-refractivity contribution in [2.45, 2.75) is 49.7 Å². The number of hydrogen-bond donors (Lipinski definition) is 2. The number of ether oxygens (including phenoxy) is 1. The van der Waals surface area contributed by atoms with Gasteiger partial charge in [0.2, 0.25) is 5.88 Å². The van der Waals surface area contributed by atoms with Crippen molar-refractivity contribution in [2.75, 3.05) is 19.0 Å². The minimum absolute atomic E-state index is 0.0252. The molecule has 1 fully saturated rings. The summed E-state index contributed by atoms with van der Waals surface area (Å²) in [6.07, 6.45) is -1.49. The highest BCUT2D eigenvalue weighted by molar-refractivity contribution is 7.91. The molecule has 11 heteroatoms. The highest BCUT2D eigenvalue weighted by Crippen LogP contribution is 2.39. The molecule has 2 N–H and O–H groups in total. The Bertz CT molecular complexity index is 1400. The maximum absolute atomic E-state index is 13.0. The van der Waals surface area contributed by atoms with Crippen molar-refractivity contribution in [2.24, 2.45) is 11.8 Å². The Morgan fingerprint density at radius 3 is 2.41 bits per heavy atom. The topological polar surface area (TPSA) is 106 Å². The quantitative estimate of drug-likeness (QED) is 0.368. The van der Waals surface area contributed by atoms with Gasteiger partial charge in [-0.2, -0.15) is 13.2 Å². The molecule has 4 rings (SSSR count). The van der Waals surface area contributed by atoms with Crippen LogP contribution in [0.5, 0.6) is 5.88 Å². The van der Waals surface area contributed by atoms with Crippen molar-refractivity contribution in [3.05, 3.63) is 65.9 Å². The lowest BCUT2D eigenvalue weighted by atomic mass is 9.82. The maximum atomic E-state index is 13.0. The molecule has 1 heterocycles. The fourth-order valence-electron chi connectivity index (χ4n) is 4.81. The van der Waals surface area contributed by atoms with Gasteiger partial charge >= 0.3 is 6.18 Å². The first kappa shape index (κ1) is 28.8. The second-order valence-electron chi connectivity index (χ2n) is 9.80. The van der Waals surface area contributed by atoms with Gasteiger partial charge in [0.25, 0.3) is 5.91 Å². The van der Waals surface area contributed by atoms with Crippen LogP contribution in [-0.2, 0) is 9.84 Å². The molecule has 7 nitrogen and oxygen atoms in total. The lowest BCUT2D eigenvalue weighted by Gasteiger charge is -2.29. The number of carbonyl (C=O) groups excluding carboxylic acids is 1. The number of aliphatic hydroxyl groups is 1. The number of pyridine rings is 1. The number of nitrogens with one attached hydrogen (secondary N) is 1. The van der Waals surface area contributed by atoms with Gasteiger partial charge in [0.05, 0.1) is 35.8 Å². The molecule has 1 aliphatic carbocycles. The van der Waals surface area contributed by atoms with E-state index in [4.69, 9.17) is 4.74 Å². The van der Waals surface area contributed by atoms with Crippen LogP contribution in [-0.4, -0.2) is 49.6 Å². The number of carbonyl (C=O) groups is 1. The predicted octanol–water partition coefficient (Wildman–Crippen LogP) is 5.24. The minimum Gasteiger partial charge on any atom is -0.477 e. The van der Waals surface area contributed by atoms with Crippen molar-refractivity contribution < 1.29 is 36.2 Å². The molecule has 1 unspecified atom stereocenters. The van der Waals surface area contributed by atoms with Gasteiger partial charge in [0, 0.05) is 17.1 Å². The molecule has 1 amide bonds. The minimum atomic E-state index is -4.15. The van der Waals surface area contributed by atoms with Crippen molar-refractivity contribution >= 4 is 26.5 Å². The molecule has 3 aromatic rings. The Hall–Kier alpha value is -3.18. The largest absolute Gasteiger partial charge is 0.477 e. The highest BCUT2D eigenvalue weighted by Gasteiger charge is 2.41. The molecule has 210 valence electrons. The summed E-state index contributed by atoms with van der Waals surface area (Å²) in [6.45, 7) is 1.45. The van der Waals surface area contributed by atoms with Crippen LogP contribution in [0, 0.1) is 11.8 Å². The first-order valence-corrected chi connectivity index (χ1v) is 14.5. The second kappa shape index (κ2) is 11.9. The molecule has 1 saturated carbocycles. The number of aliphatic hydroxyl groups excluding tert-OH is 1. The van der Waals surface area contributed by atoms with E-state index in [0.29, 0.717) is 40.6 Å². The zero-order valence-electron chi connectivity index (χ0n) is 21.4. The van der Waals surface area contributed by atoms with Gasteiger partial charge in [-0.1, -0.05) is 19.1 Å². The highest BCUT2D eigenvalue weighted by atomic mass is 32.2. The summed E-state index contributed by atoms with van der Waals surface area (Å²) >= 11 is 0. The van der Waals surface area contributed by atoms with Crippen molar-refractivity contribution in [1.29, 1.82) is 0 Å². The summed E-state index contributed by atoms with van der Waals surface area (Å²) in [4.78, 5) is 17.4. The van der Waals surface area contributed by atoms with Gasteiger partial charge in [-0.05, 0) is 78.9 Å². The number of rotatable bonds is 9. The van der Waals surface area contributed by atoms with E-state index in [1.54, 1.807) is 49.5 Å². The zero-order valence-corrected chi connectivity index (χ0v) is 22.3. The van der Waals surface area contributed by atoms with Gasteiger partial charge < -0.3 is 15.2 Å². The summed E-state index contributed by atoms with van der Waals surface area (Å²) in [5, 5.41) is 14.0. The number of sulfone groups is 1. The molecule has 0 saturated heterocycles. The molecule has 39 heavy (non-hydrogen) atoms. The fraction of sp³-hybridized carbons (Fsp3) is 0.429. The number of benzene rings is 2. The summed E-state index contributed by atoms with van der Waals surface area (Å²) in [7, 11) is -3.36. The fourth-order valence-corrected chi connectivity index (χ4v) is 5.69. The van der Waals surface area contributed by atoms with Crippen molar-refractivity contribution in [3.63, 3.8) is 0 Å². The normalized spacial score (nSPS) is 19.0. The van der Waals surface area contributed by atoms with Gasteiger partial charge in [-0.25, -0.2) is 13.4 Å². The van der Waals surface area contributed by atoms with E-state index < -0.39 is 33.9 Å². The number of nitrogens with zero attached hydrogens (tertiary/aromatic N) is 1. The van der Waals surface area contributed by atoms with E-state index in [1.807, 2.05) is 0 Å². The second-order valence-corrected chi connectivity index (χ2v) is 12.1. The Labute approximate surface area is 225 Å². The van der Waals surface area contributed by atoms with Crippen LogP contribution in [0.1, 0.15) is 54.6 Å². The monoisotopic (exact) mass is 564 g/mol.